The standard InChI is InChI=1S/C21H24N2O4/c1-21(2,3)12-11-17(20(25)26)23-19(24)16-9-10-18(22-13-16)27-14-15-7-5-4-6-8-15/h4-13,17H,14H2,1-3H3,(H,23,24)(H,25,26). The van der Waals surface area contributed by atoms with Crippen molar-refractivity contribution >= 4 is 11.9 Å². The molecule has 2 aromatic rings. The van der Waals surface area contributed by atoms with Crippen molar-refractivity contribution in [2.24, 2.45) is 5.41 Å². The van der Waals surface area contributed by atoms with Gasteiger partial charge in [0.2, 0.25) is 5.88 Å². The van der Waals surface area contributed by atoms with Crippen LogP contribution in [0.4, 0.5) is 0 Å². The molecule has 1 unspecified atom stereocenters. The van der Waals surface area contributed by atoms with Crippen LogP contribution in [-0.2, 0) is 11.4 Å². The number of aromatic nitrogens is 1. The number of hydrogen-bond acceptors (Lipinski definition) is 4. The van der Waals surface area contributed by atoms with Gasteiger partial charge in [0.05, 0.1) is 5.56 Å². The van der Waals surface area contributed by atoms with E-state index in [0.29, 0.717) is 12.5 Å². The first kappa shape index (κ1) is 20.2. The Balaban J connectivity index is 1.97. The lowest BCUT2D eigenvalue weighted by atomic mass is 9.95. The van der Waals surface area contributed by atoms with Crippen LogP contribution in [0.15, 0.2) is 60.8 Å². The van der Waals surface area contributed by atoms with E-state index >= 15 is 0 Å². The molecule has 142 valence electrons. The summed E-state index contributed by atoms with van der Waals surface area (Å²) in [7, 11) is 0. The summed E-state index contributed by atoms with van der Waals surface area (Å²) >= 11 is 0. The number of ether oxygens (including phenoxy) is 1. The first-order valence-corrected chi connectivity index (χ1v) is 8.60. The number of pyridine rings is 1. The van der Waals surface area contributed by atoms with Crippen LogP contribution < -0.4 is 10.1 Å². The molecule has 0 fully saturated rings. The van der Waals surface area contributed by atoms with E-state index in [1.165, 1.54) is 12.3 Å². The van der Waals surface area contributed by atoms with Crippen LogP contribution in [0, 0.1) is 5.41 Å². The predicted octanol–water partition coefficient (Wildman–Crippen LogP) is 3.45. The van der Waals surface area contributed by atoms with Gasteiger partial charge in [-0.2, -0.15) is 0 Å². The van der Waals surface area contributed by atoms with Gasteiger partial charge in [0.15, 0.2) is 0 Å². The lowest BCUT2D eigenvalue weighted by Gasteiger charge is -2.15. The normalized spacial score (nSPS) is 12.6. The van der Waals surface area contributed by atoms with Crippen molar-refractivity contribution in [3.05, 3.63) is 71.9 Å². The van der Waals surface area contributed by atoms with E-state index in [2.05, 4.69) is 10.3 Å². The van der Waals surface area contributed by atoms with E-state index in [0.717, 1.165) is 5.56 Å². The summed E-state index contributed by atoms with van der Waals surface area (Å²) in [5.74, 6) is -1.25. The molecule has 0 aliphatic rings. The van der Waals surface area contributed by atoms with Crippen molar-refractivity contribution in [3.8, 4) is 5.88 Å². The minimum absolute atomic E-state index is 0.183. The number of nitrogens with zero attached hydrogens (tertiary/aromatic N) is 1. The van der Waals surface area contributed by atoms with Crippen molar-refractivity contribution in [2.75, 3.05) is 0 Å². The molecule has 0 aliphatic carbocycles. The lowest BCUT2D eigenvalue weighted by molar-refractivity contribution is -0.137. The quantitative estimate of drug-likeness (QED) is 0.731. The molecule has 0 saturated heterocycles. The number of carboxylic acid groups (broad SMARTS) is 1. The van der Waals surface area contributed by atoms with Crippen LogP contribution in [0.2, 0.25) is 0 Å². The van der Waals surface area contributed by atoms with Crippen molar-refractivity contribution < 1.29 is 19.4 Å². The van der Waals surface area contributed by atoms with Crippen LogP contribution >= 0.6 is 0 Å². The van der Waals surface area contributed by atoms with Crippen molar-refractivity contribution in [1.82, 2.24) is 10.3 Å². The minimum Gasteiger partial charge on any atom is -0.479 e. The fraction of sp³-hybridized carbons (Fsp3) is 0.286. The highest BCUT2D eigenvalue weighted by Crippen LogP contribution is 2.15. The molecule has 2 rings (SSSR count). The van der Waals surface area contributed by atoms with Gasteiger partial charge in [0.1, 0.15) is 12.6 Å². The molecule has 0 saturated carbocycles. The van der Waals surface area contributed by atoms with E-state index in [4.69, 9.17) is 4.74 Å². The van der Waals surface area contributed by atoms with Gasteiger partial charge in [-0.15, -0.1) is 0 Å². The highest BCUT2D eigenvalue weighted by molar-refractivity contribution is 5.96. The first-order valence-electron chi connectivity index (χ1n) is 8.60. The summed E-state index contributed by atoms with van der Waals surface area (Å²) < 4.78 is 5.57. The summed E-state index contributed by atoms with van der Waals surface area (Å²) in [6, 6.07) is 11.7. The van der Waals surface area contributed by atoms with Gasteiger partial charge >= 0.3 is 5.97 Å². The lowest BCUT2D eigenvalue weighted by Crippen LogP contribution is -2.39. The highest BCUT2D eigenvalue weighted by Gasteiger charge is 2.19. The Morgan fingerprint density at radius 3 is 2.44 bits per heavy atom. The fourth-order valence-electron chi connectivity index (χ4n) is 2.13. The average molecular weight is 368 g/mol. The van der Waals surface area contributed by atoms with Crippen molar-refractivity contribution in [1.29, 1.82) is 0 Å². The SMILES string of the molecule is CC(C)(C)C=CC(NC(=O)c1ccc(OCc2ccccc2)nc1)C(=O)O. The first-order chi connectivity index (χ1) is 12.7. The van der Waals surface area contributed by atoms with Gasteiger partial charge in [-0.05, 0) is 17.0 Å². The molecule has 1 atom stereocenters. The Morgan fingerprint density at radius 2 is 1.89 bits per heavy atom. The number of carbonyl (C=O) groups excluding carboxylic acids is 1. The summed E-state index contributed by atoms with van der Waals surface area (Å²) in [6.07, 6.45) is 4.60. The molecule has 2 N–H and O–H groups in total. The summed E-state index contributed by atoms with van der Waals surface area (Å²) in [5.41, 5.74) is 1.09. The maximum Gasteiger partial charge on any atom is 0.330 e. The zero-order valence-corrected chi connectivity index (χ0v) is 15.7. The van der Waals surface area contributed by atoms with E-state index in [1.54, 1.807) is 18.2 Å². The second kappa shape index (κ2) is 8.98. The number of carbonyl (C=O) groups is 2. The molecule has 1 aromatic carbocycles. The molecular weight excluding hydrogens is 344 g/mol. The van der Waals surface area contributed by atoms with Crippen LogP contribution in [0.1, 0.15) is 36.7 Å². The van der Waals surface area contributed by atoms with Gasteiger partial charge in [-0.25, -0.2) is 9.78 Å². The Labute approximate surface area is 158 Å². The Morgan fingerprint density at radius 1 is 1.19 bits per heavy atom. The predicted molar refractivity (Wildman–Crippen MR) is 102 cm³/mol. The molecule has 1 amide bonds. The smallest absolute Gasteiger partial charge is 0.330 e. The van der Waals surface area contributed by atoms with E-state index < -0.39 is 17.9 Å². The maximum atomic E-state index is 12.3. The molecule has 1 heterocycles. The third kappa shape index (κ3) is 6.93. The van der Waals surface area contributed by atoms with Crippen LogP contribution in [0.5, 0.6) is 5.88 Å². The number of amides is 1. The highest BCUT2D eigenvalue weighted by atomic mass is 16.5. The monoisotopic (exact) mass is 368 g/mol. The molecule has 0 spiro atoms. The molecule has 6 heteroatoms. The third-order valence-corrected chi connectivity index (χ3v) is 3.57. The zero-order chi connectivity index (χ0) is 19.9. The molecule has 1 aromatic heterocycles. The number of hydrogen-bond donors (Lipinski definition) is 2. The molecule has 0 bridgehead atoms. The second-order valence-electron chi connectivity index (χ2n) is 7.17. The second-order valence-corrected chi connectivity index (χ2v) is 7.17. The summed E-state index contributed by atoms with van der Waals surface area (Å²) in [6.45, 7) is 6.21. The number of allylic oxidation sites excluding steroid dienone is 1. The Kier molecular flexibility index (Phi) is 6.71. The number of aliphatic carboxylic acids is 1. The number of rotatable bonds is 7. The van der Waals surface area contributed by atoms with Crippen molar-refractivity contribution in [3.63, 3.8) is 0 Å². The van der Waals surface area contributed by atoms with E-state index in [9.17, 15) is 14.7 Å². The molecule has 0 radical (unpaired) electrons. The molecule has 0 aliphatic heterocycles. The van der Waals surface area contributed by atoms with Crippen LogP contribution in [0.25, 0.3) is 0 Å². The average Bonchev–Trinajstić information content (AvgIpc) is 2.63. The van der Waals surface area contributed by atoms with Gasteiger partial charge in [0.25, 0.3) is 5.91 Å². The van der Waals surface area contributed by atoms with E-state index in [1.807, 2.05) is 51.1 Å². The van der Waals surface area contributed by atoms with Crippen molar-refractivity contribution in [2.45, 2.75) is 33.4 Å². The summed E-state index contributed by atoms with van der Waals surface area (Å²) in [4.78, 5) is 27.7. The third-order valence-electron chi connectivity index (χ3n) is 3.57. The van der Waals surface area contributed by atoms with E-state index in [-0.39, 0.29) is 11.0 Å². The maximum absolute atomic E-state index is 12.3. The number of benzene rings is 1. The number of carboxylic acids is 1. The van der Waals surface area contributed by atoms with Crippen LogP contribution in [0.3, 0.4) is 0 Å². The van der Waals surface area contributed by atoms with Crippen LogP contribution in [-0.4, -0.2) is 28.0 Å². The van der Waals surface area contributed by atoms with Gasteiger partial charge in [-0.3, -0.25) is 4.79 Å². The van der Waals surface area contributed by atoms with Gasteiger partial charge < -0.3 is 15.2 Å². The zero-order valence-electron chi connectivity index (χ0n) is 15.7. The molecule has 27 heavy (non-hydrogen) atoms. The Hall–Kier alpha value is -3.15. The number of nitrogens with one attached hydrogen (secondary N) is 1. The molecule has 6 nitrogen and oxygen atoms in total. The summed E-state index contributed by atoms with van der Waals surface area (Å²) in [5, 5.41) is 11.8. The topological polar surface area (TPSA) is 88.5 Å². The largest absolute Gasteiger partial charge is 0.479 e. The Bertz CT molecular complexity index is 793. The molecular formula is C21H24N2O4. The fourth-order valence-corrected chi connectivity index (χ4v) is 2.13. The van der Waals surface area contributed by atoms with Gasteiger partial charge in [0, 0.05) is 12.3 Å². The van der Waals surface area contributed by atoms with Gasteiger partial charge in [-0.1, -0.05) is 63.3 Å². The minimum atomic E-state index is -1.13.